The largest absolute Gasteiger partial charge is 0.453 e. The molecular weight excluding hydrogens is 333 g/mol. The van der Waals surface area contributed by atoms with Crippen molar-refractivity contribution in [3.8, 4) is 0 Å². The van der Waals surface area contributed by atoms with Crippen LogP contribution in [0.1, 0.15) is 6.42 Å². The van der Waals surface area contributed by atoms with Crippen molar-refractivity contribution < 1.29 is 48.5 Å². The lowest BCUT2D eigenvalue weighted by molar-refractivity contribution is -0.327. The van der Waals surface area contributed by atoms with Crippen LogP contribution >= 0.6 is 8.46 Å². The molecule has 0 N–H and O–H groups in total. The van der Waals surface area contributed by atoms with Gasteiger partial charge in [-0.2, -0.15) is 43.9 Å². The van der Waals surface area contributed by atoms with Crippen molar-refractivity contribution in [2.75, 3.05) is 6.16 Å². The molecule has 1 rings (SSSR count). The van der Waals surface area contributed by atoms with Crippen LogP contribution in [0.5, 0.6) is 0 Å². The van der Waals surface area contributed by atoms with Crippen molar-refractivity contribution in [3.05, 3.63) is 0 Å². The smallest absolute Gasteiger partial charge is 0.275 e. The maximum Gasteiger partial charge on any atom is 0.453 e. The van der Waals surface area contributed by atoms with Gasteiger partial charge in [-0.3, -0.25) is 4.57 Å². The Morgan fingerprint density at radius 3 is 1.65 bits per heavy atom. The SMILES string of the molecule is O=PCC1(C(F)(F)C(F)(F)F)CC1C(F)(F)C(F)(F)F. The molecule has 0 aromatic heterocycles. The molecule has 0 aromatic carbocycles. The molecule has 1 saturated carbocycles. The molecule has 118 valence electrons. The van der Waals surface area contributed by atoms with Gasteiger partial charge in [-0.05, 0) is 6.42 Å². The molecule has 2 unspecified atom stereocenters. The van der Waals surface area contributed by atoms with Gasteiger partial charge in [0.05, 0.1) is 5.41 Å². The maximum atomic E-state index is 13.2. The molecule has 2 atom stereocenters. The third-order valence-corrected chi connectivity index (χ3v) is 3.91. The van der Waals surface area contributed by atoms with Crippen LogP contribution < -0.4 is 0 Å². The molecule has 20 heavy (non-hydrogen) atoms. The minimum Gasteiger partial charge on any atom is -0.275 e. The number of alkyl halides is 10. The summed E-state index contributed by atoms with van der Waals surface area (Å²) in [7, 11) is -1.37. The van der Waals surface area contributed by atoms with E-state index in [1.54, 1.807) is 0 Å². The molecule has 0 amide bonds. The number of halogens is 10. The number of hydrogen-bond donors (Lipinski definition) is 0. The van der Waals surface area contributed by atoms with Crippen LogP contribution in [0, 0.1) is 11.3 Å². The summed E-state index contributed by atoms with van der Waals surface area (Å²) in [5.74, 6) is -14.8. The van der Waals surface area contributed by atoms with E-state index in [9.17, 15) is 48.5 Å². The lowest BCUT2D eigenvalue weighted by Gasteiger charge is -2.30. The topological polar surface area (TPSA) is 17.1 Å². The maximum absolute atomic E-state index is 13.2. The first kappa shape index (κ1) is 17.5. The van der Waals surface area contributed by atoms with Gasteiger partial charge in [0, 0.05) is 12.1 Å². The first-order chi connectivity index (χ1) is 8.65. The van der Waals surface area contributed by atoms with E-state index in [-0.39, 0.29) is 0 Å². The minimum atomic E-state index is -6.31. The summed E-state index contributed by atoms with van der Waals surface area (Å²) in [5.41, 5.74) is -3.71. The van der Waals surface area contributed by atoms with Crippen LogP contribution in [0.25, 0.3) is 0 Å². The highest BCUT2D eigenvalue weighted by atomic mass is 31.1. The zero-order valence-corrected chi connectivity index (χ0v) is 10.0. The second kappa shape index (κ2) is 4.45. The predicted octanol–water partition coefficient (Wildman–Crippen LogP) is 4.68. The molecule has 0 saturated heterocycles. The van der Waals surface area contributed by atoms with Gasteiger partial charge in [0.25, 0.3) is 0 Å². The van der Waals surface area contributed by atoms with E-state index in [2.05, 4.69) is 0 Å². The van der Waals surface area contributed by atoms with Crippen molar-refractivity contribution >= 4 is 8.46 Å². The number of rotatable bonds is 4. The summed E-state index contributed by atoms with van der Waals surface area (Å²) < 4.78 is 135. The monoisotopic (exact) mass is 338 g/mol. The van der Waals surface area contributed by atoms with E-state index in [1.807, 2.05) is 0 Å². The average molecular weight is 338 g/mol. The fourth-order valence-electron chi connectivity index (χ4n) is 2.00. The van der Waals surface area contributed by atoms with E-state index >= 15 is 0 Å². The molecule has 1 fully saturated rings. The van der Waals surface area contributed by atoms with Gasteiger partial charge in [-0.15, -0.1) is 0 Å². The van der Waals surface area contributed by atoms with Gasteiger partial charge >= 0.3 is 24.2 Å². The highest BCUT2D eigenvalue weighted by Crippen LogP contribution is 2.72. The van der Waals surface area contributed by atoms with E-state index < -0.39 is 56.6 Å². The van der Waals surface area contributed by atoms with E-state index in [0.717, 1.165) is 0 Å². The fourth-order valence-corrected chi connectivity index (χ4v) is 2.78. The summed E-state index contributed by atoms with van der Waals surface area (Å²) in [6.07, 6.45) is -15.9. The third kappa shape index (κ3) is 2.27. The summed E-state index contributed by atoms with van der Waals surface area (Å²) in [6, 6.07) is 0. The Morgan fingerprint density at radius 2 is 1.35 bits per heavy atom. The lowest BCUT2D eigenvalue weighted by atomic mass is 9.93. The van der Waals surface area contributed by atoms with Crippen LogP contribution in [0.15, 0.2) is 0 Å². The van der Waals surface area contributed by atoms with E-state index in [0.29, 0.717) is 0 Å². The average Bonchev–Trinajstić information content (AvgIpc) is 2.91. The van der Waals surface area contributed by atoms with Crippen LogP contribution in [0.4, 0.5) is 43.9 Å². The van der Waals surface area contributed by atoms with Gasteiger partial charge in [-0.25, -0.2) is 0 Å². The molecule has 1 nitrogen and oxygen atoms in total. The van der Waals surface area contributed by atoms with Crippen LogP contribution in [-0.4, -0.2) is 30.4 Å². The molecule has 1 aliphatic carbocycles. The molecule has 0 aromatic rings. The van der Waals surface area contributed by atoms with Crippen molar-refractivity contribution in [1.29, 1.82) is 0 Å². The molecule has 0 heterocycles. The summed E-state index contributed by atoms with van der Waals surface area (Å²) in [5, 5.41) is 0. The molecular formula is C8H5F10OP. The zero-order chi connectivity index (χ0) is 16.2. The van der Waals surface area contributed by atoms with Crippen LogP contribution in [0.3, 0.4) is 0 Å². The van der Waals surface area contributed by atoms with Crippen molar-refractivity contribution in [2.24, 2.45) is 11.3 Å². The highest BCUT2D eigenvalue weighted by molar-refractivity contribution is 7.23. The minimum absolute atomic E-state index is 1.37. The standard InChI is InChI=1S/C8H5F10OP/c9-5(10,7(13,14)15)3-1-4(3,2-20-19)6(11,12)8(16,17)18/h3H,1-2H2. The fraction of sp³-hybridized carbons (Fsp3) is 1.00. The van der Waals surface area contributed by atoms with Crippen LogP contribution in [-0.2, 0) is 4.57 Å². The highest BCUT2D eigenvalue weighted by Gasteiger charge is 2.86. The quantitative estimate of drug-likeness (QED) is 0.537. The van der Waals surface area contributed by atoms with E-state index in [1.165, 1.54) is 0 Å². The number of hydrogen-bond acceptors (Lipinski definition) is 1. The molecule has 0 aliphatic heterocycles. The van der Waals surface area contributed by atoms with Gasteiger partial charge in [0.2, 0.25) is 0 Å². The Balaban J connectivity index is 3.23. The second-order valence-corrected chi connectivity index (χ2v) is 4.97. The van der Waals surface area contributed by atoms with Gasteiger partial charge in [-0.1, -0.05) is 0 Å². The Labute approximate surface area is 106 Å². The van der Waals surface area contributed by atoms with E-state index in [4.69, 9.17) is 0 Å². The Hall–Kier alpha value is -0.600. The normalized spacial score (nSPS) is 28.8. The summed E-state index contributed by atoms with van der Waals surface area (Å²) in [6.45, 7) is 0. The van der Waals surface area contributed by atoms with Crippen molar-refractivity contribution in [3.63, 3.8) is 0 Å². The van der Waals surface area contributed by atoms with Gasteiger partial charge < -0.3 is 0 Å². The van der Waals surface area contributed by atoms with Gasteiger partial charge in [0.1, 0.15) is 0 Å². The lowest BCUT2D eigenvalue weighted by Crippen LogP contribution is -2.50. The Bertz CT molecular complexity index is 399. The van der Waals surface area contributed by atoms with Crippen molar-refractivity contribution in [1.82, 2.24) is 0 Å². The molecule has 0 spiro atoms. The Kier molecular flexibility index (Phi) is 3.88. The summed E-state index contributed by atoms with van der Waals surface area (Å²) >= 11 is 0. The molecule has 1 aliphatic rings. The van der Waals surface area contributed by atoms with Crippen molar-refractivity contribution in [2.45, 2.75) is 30.6 Å². The zero-order valence-electron chi connectivity index (χ0n) is 9.13. The summed E-state index contributed by atoms with van der Waals surface area (Å²) in [4.78, 5) is 0. The Morgan fingerprint density at radius 1 is 0.900 bits per heavy atom. The third-order valence-electron chi connectivity index (χ3n) is 3.22. The molecule has 12 heteroatoms. The first-order valence-electron chi connectivity index (χ1n) is 4.83. The van der Waals surface area contributed by atoms with Crippen LogP contribution in [0.2, 0.25) is 0 Å². The molecule has 0 bridgehead atoms. The first-order valence-corrected chi connectivity index (χ1v) is 5.83. The molecule has 0 radical (unpaired) electrons. The second-order valence-electron chi connectivity index (χ2n) is 4.39. The predicted molar refractivity (Wildman–Crippen MR) is 45.0 cm³/mol. The van der Waals surface area contributed by atoms with Gasteiger partial charge in [0.15, 0.2) is 8.46 Å².